The number of fused-ring (bicyclic) bond motifs is 1. The molecule has 3 nitrogen and oxygen atoms in total. The maximum absolute atomic E-state index is 12.5. The van der Waals surface area contributed by atoms with Gasteiger partial charge in [0.25, 0.3) is 0 Å². The van der Waals surface area contributed by atoms with Gasteiger partial charge in [0.2, 0.25) is 5.91 Å². The van der Waals surface area contributed by atoms with Crippen LogP contribution in [0.2, 0.25) is 0 Å². The fourth-order valence-electron chi connectivity index (χ4n) is 3.73. The molecule has 25 heavy (non-hydrogen) atoms. The van der Waals surface area contributed by atoms with Gasteiger partial charge in [-0.05, 0) is 62.2 Å². The molecule has 0 N–H and O–H groups in total. The number of carbonyl (C=O) groups excluding carboxylic acids is 1. The zero-order valence-corrected chi connectivity index (χ0v) is 16.1. The Balaban J connectivity index is 0.00000225. The molecule has 3 rings (SSSR count). The standard InChI is InChI=1S/C21H28N2O.ClH/c1-3-23(4-2)21(24)19-11-13-22(14-12-19)16-17-9-10-18-7-5-6-8-20(18)15-17;/h5-10,15,19H,3-4,11-14,16H2,1-2H3;1H. The van der Waals surface area contributed by atoms with Crippen molar-refractivity contribution in [1.82, 2.24) is 9.80 Å². The fraction of sp³-hybridized carbons (Fsp3) is 0.476. The Hall–Kier alpha value is -1.58. The number of carbonyl (C=O) groups is 1. The second-order valence-electron chi connectivity index (χ2n) is 6.74. The molecule has 136 valence electrons. The normalized spacial score (nSPS) is 15.8. The first-order valence-corrected chi connectivity index (χ1v) is 9.20. The topological polar surface area (TPSA) is 23.6 Å². The highest BCUT2D eigenvalue weighted by atomic mass is 35.5. The summed E-state index contributed by atoms with van der Waals surface area (Å²) in [5, 5.41) is 2.60. The zero-order valence-electron chi connectivity index (χ0n) is 15.3. The molecule has 0 radical (unpaired) electrons. The van der Waals surface area contributed by atoms with Gasteiger partial charge in [0.1, 0.15) is 0 Å². The van der Waals surface area contributed by atoms with Gasteiger partial charge in [-0.2, -0.15) is 0 Å². The Morgan fingerprint density at radius 1 is 1.04 bits per heavy atom. The van der Waals surface area contributed by atoms with E-state index in [0.29, 0.717) is 5.91 Å². The summed E-state index contributed by atoms with van der Waals surface area (Å²) in [6.45, 7) is 8.80. The van der Waals surface area contributed by atoms with Crippen molar-refractivity contribution in [2.45, 2.75) is 33.2 Å². The molecule has 0 aromatic heterocycles. The molecule has 1 aliphatic rings. The molecule has 1 saturated heterocycles. The van der Waals surface area contributed by atoms with Gasteiger partial charge in [-0.15, -0.1) is 12.4 Å². The summed E-state index contributed by atoms with van der Waals surface area (Å²) in [7, 11) is 0. The molecule has 0 spiro atoms. The third-order valence-corrected chi connectivity index (χ3v) is 5.23. The van der Waals surface area contributed by atoms with Crippen molar-refractivity contribution in [1.29, 1.82) is 0 Å². The van der Waals surface area contributed by atoms with Crippen molar-refractivity contribution in [3.63, 3.8) is 0 Å². The molecule has 0 atom stereocenters. The highest BCUT2D eigenvalue weighted by molar-refractivity contribution is 5.85. The quantitative estimate of drug-likeness (QED) is 0.791. The second kappa shape index (κ2) is 9.21. The van der Waals surface area contributed by atoms with E-state index < -0.39 is 0 Å². The monoisotopic (exact) mass is 360 g/mol. The number of likely N-dealkylation sites (tertiary alicyclic amines) is 1. The number of nitrogens with zero attached hydrogens (tertiary/aromatic N) is 2. The van der Waals surface area contributed by atoms with Crippen molar-refractivity contribution in [2.24, 2.45) is 5.92 Å². The van der Waals surface area contributed by atoms with E-state index >= 15 is 0 Å². The van der Waals surface area contributed by atoms with Gasteiger partial charge in [-0.3, -0.25) is 9.69 Å². The van der Waals surface area contributed by atoms with Crippen molar-refractivity contribution in [3.8, 4) is 0 Å². The van der Waals surface area contributed by atoms with Crippen LogP contribution in [0.15, 0.2) is 42.5 Å². The first-order valence-electron chi connectivity index (χ1n) is 9.20. The maximum Gasteiger partial charge on any atom is 0.225 e. The van der Waals surface area contributed by atoms with Gasteiger partial charge in [0, 0.05) is 25.6 Å². The van der Waals surface area contributed by atoms with Crippen molar-refractivity contribution in [3.05, 3.63) is 48.0 Å². The maximum atomic E-state index is 12.5. The predicted molar refractivity (Wildman–Crippen MR) is 107 cm³/mol. The van der Waals surface area contributed by atoms with E-state index in [1.54, 1.807) is 0 Å². The minimum atomic E-state index is 0. The molecule has 1 aliphatic heterocycles. The molecule has 2 aromatic rings. The highest BCUT2D eigenvalue weighted by Crippen LogP contribution is 2.22. The van der Waals surface area contributed by atoms with Gasteiger partial charge in [-0.25, -0.2) is 0 Å². The summed E-state index contributed by atoms with van der Waals surface area (Å²) in [6, 6.07) is 15.2. The lowest BCUT2D eigenvalue weighted by Crippen LogP contribution is -2.42. The molecule has 0 aliphatic carbocycles. The van der Waals surface area contributed by atoms with Crippen molar-refractivity contribution < 1.29 is 4.79 Å². The number of hydrogen-bond acceptors (Lipinski definition) is 2. The van der Waals surface area contributed by atoms with E-state index in [4.69, 9.17) is 0 Å². The highest BCUT2D eigenvalue weighted by Gasteiger charge is 2.27. The lowest BCUT2D eigenvalue weighted by atomic mass is 9.94. The van der Waals surface area contributed by atoms with Crippen LogP contribution < -0.4 is 0 Å². The summed E-state index contributed by atoms with van der Waals surface area (Å²) in [6.07, 6.45) is 1.98. The molecular formula is C21H29ClN2O. The van der Waals surface area contributed by atoms with Crippen LogP contribution in [0.3, 0.4) is 0 Å². The summed E-state index contributed by atoms with van der Waals surface area (Å²) in [5.41, 5.74) is 1.36. The van der Waals surface area contributed by atoms with Crippen LogP contribution in [-0.4, -0.2) is 41.9 Å². The van der Waals surface area contributed by atoms with E-state index in [9.17, 15) is 4.79 Å². The van der Waals surface area contributed by atoms with Gasteiger partial charge in [0.15, 0.2) is 0 Å². The lowest BCUT2D eigenvalue weighted by Gasteiger charge is -2.33. The summed E-state index contributed by atoms with van der Waals surface area (Å²) in [4.78, 5) is 16.9. The summed E-state index contributed by atoms with van der Waals surface area (Å²) >= 11 is 0. The molecule has 2 aromatic carbocycles. The van der Waals surface area contributed by atoms with E-state index in [2.05, 4.69) is 61.2 Å². The van der Waals surface area contributed by atoms with Gasteiger partial charge in [0.05, 0.1) is 0 Å². The van der Waals surface area contributed by atoms with Crippen LogP contribution in [0.5, 0.6) is 0 Å². The third kappa shape index (κ3) is 4.74. The third-order valence-electron chi connectivity index (χ3n) is 5.23. The molecule has 4 heteroatoms. The van der Waals surface area contributed by atoms with Crippen LogP contribution in [0.25, 0.3) is 10.8 Å². The first kappa shape index (κ1) is 19.7. The summed E-state index contributed by atoms with van der Waals surface area (Å²) < 4.78 is 0. The number of hydrogen-bond donors (Lipinski definition) is 0. The van der Waals surface area contributed by atoms with E-state index in [-0.39, 0.29) is 18.3 Å². The number of rotatable bonds is 5. The van der Waals surface area contributed by atoms with Gasteiger partial charge >= 0.3 is 0 Å². The van der Waals surface area contributed by atoms with Crippen LogP contribution in [-0.2, 0) is 11.3 Å². The Labute approximate surface area is 157 Å². The molecule has 0 unspecified atom stereocenters. The van der Waals surface area contributed by atoms with Crippen molar-refractivity contribution in [2.75, 3.05) is 26.2 Å². The first-order chi connectivity index (χ1) is 11.7. The Morgan fingerprint density at radius 2 is 1.68 bits per heavy atom. The average molecular weight is 361 g/mol. The summed E-state index contributed by atoms with van der Waals surface area (Å²) in [5.74, 6) is 0.572. The van der Waals surface area contributed by atoms with E-state index in [1.165, 1.54) is 16.3 Å². The average Bonchev–Trinajstić information content (AvgIpc) is 2.63. The zero-order chi connectivity index (χ0) is 16.9. The van der Waals surface area contributed by atoms with Crippen LogP contribution in [0.4, 0.5) is 0 Å². The Bertz CT molecular complexity index is 691. The molecular weight excluding hydrogens is 332 g/mol. The van der Waals surface area contributed by atoms with Crippen LogP contribution in [0, 0.1) is 5.92 Å². The van der Waals surface area contributed by atoms with E-state index in [1.807, 2.05) is 4.90 Å². The van der Waals surface area contributed by atoms with Gasteiger partial charge in [-0.1, -0.05) is 36.4 Å². The Morgan fingerprint density at radius 3 is 2.32 bits per heavy atom. The molecule has 0 saturated carbocycles. The smallest absolute Gasteiger partial charge is 0.225 e. The predicted octanol–water partition coefficient (Wildman–Crippen LogP) is 4.34. The minimum absolute atomic E-state index is 0. The number of amides is 1. The minimum Gasteiger partial charge on any atom is -0.343 e. The molecule has 1 fully saturated rings. The number of halogens is 1. The second-order valence-corrected chi connectivity index (χ2v) is 6.74. The Kier molecular flexibility index (Phi) is 7.27. The molecule has 0 bridgehead atoms. The molecule has 1 heterocycles. The van der Waals surface area contributed by atoms with E-state index in [0.717, 1.165) is 45.6 Å². The largest absolute Gasteiger partial charge is 0.343 e. The SMILES string of the molecule is CCN(CC)C(=O)C1CCN(Cc2ccc3ccccc3c2)CC1.Cl. The number of piperidine rings is 1. The number of benzene rings is 2. The van der Waals surface area contributed by atoms with Gasteiger partial charge < -0.3 is 4.90 Å². The van der Waals surface area contributed by atoms with Crippen LogP contribution in [0.1, 0.15) is 32.3 Å². The van der Waals surface area contributed by atoms with Crippen LogP contribution >= 0.6 is 12.4 Å². The van der Waals surface area contributed by atoms with Crippen molar-refractivity contribution >= 4 is 29.1 Å². The molecule has 1 amide bonds. The lowest BCUT2D eigenvalue weighted by molar-refractivity contribution is -0.136. The fourth-order valence-corrected chi connectivity index (χ4v) is 3.73.